The van der Waals surface area contributed by atoms with Gasteiger partial charge >= 0.3 is 0 Å². The van der Waals surface area contributed by atoms with Crippen LogP contribution in [0.2, 0.25) is 0 Å². The Kier molecular flexibility index (Phi) is 6.68. The van der Waals surface area contributed by atoms with E-state index >= 15 is 0 Å². The number of carbonyl (C=O) groups excluding carboxylic acids is 2. The Labute approximate surface area is 214 Å². The zero-order valence-corrected chi connectivity index (χ0v) is 20.9. The SMILES string of the molecule is COc1ccc2nccc(/C=C3/CC(NC(C)=O)C/C(=C\c4ccnc5ccc(OC)cc45)C3=O)c2c1. The molecule has 0 radical (unpaired) electrons. The van der Waals surface area contributed by atoms with Crippen LogP contribution < -0.4 is 14.8 Å². The molecule has 1 aliphatic carbocycles. The fourth-order valence-corrected chi connectivity index (χ4v) is 4.81. The molecule has 1 unspecified atom stereocenters. The van der Waals surface area contributed by atoms with E-state index in [-0.39, 0.29) is 17.7 Å². The van der Waals surface area contributed by atoms with Crippen molar-refractivity contribution in [2.75, 3.05) is 14.2 Å². The van der Waals surface area contributed by atoms with Crippen LogP contribution in [0.1, 0.15) is 30.9 Å². The highest BCUT2D eigenvalue weighted by Crippen LogP contribution is 2.32. The van der Waals surface area contributed by atoms with Gasteiger partial charge in [0, 0.05) is 47.3 Å². The second-order valence-corrected chi connectivity index (χ2v) is 9.04. The second-order valence-electron chi connectivity index (χ2n) is 9.04. The molecular weight excluding hydrogens is 466 g/mol. The number of pyridine rings is 2. The number of methoxy groups -OCH3 is 2. The van der Waals surface area contributed by atoms with Gasteiger partial charge in [-0.1, -0.05) is 0 Å². The van der Waals surface area contributed by atoms with Crippen LogP contribution in [0.15, 0.2) is 72.1 Å². The van der Waals surface area contributed by atoms with Gasteiger partial charge in [-0.25, -0.2) is 0 Å². The Bertz CT molecular complexity index is 1480. The number of carbonyl (C=O) groups is 2. The number of benzene rings is 2. The highest BCUT2D eigenvalue weighted by molar-refractivity contribution is 6.15. The molecule has 2 heterocycles. The summed E-state index contributed by atoms with van der Waals surface area (Å²) < 4.78 is 10.8. The highest BCUT2D eigenvalue weighted by atomic mass is 16.5. The van der Waals surface area contributed by atoms with Crippen LogP contribution in [0, 0.1) is 0 Å². The number of Topliss-reactive ketones (excluding diaryl/α,β-unsaturated/α-hetero) is 1. The van der Waals surface area contributed by atoms with Gasteiger partial charge in [-0.3, -0.25) is 19.6 Å². The molecule has 5 rings (SSSR count). The number of ketones is 1. The molecule has 1 N–H and O–H groups in total. The Morgan fingerprint density at radius 2 is 1.32 bits per heavy atom. The normalized spacial score (nSPS) is 17.9. The number of hydrogen-bond donors (Lipinski definition) is 1. The summed E-state index contributed by atoms with van der Waals surface area (Å²) in [5.74, 6) is 1.26. The van der Waals surface area contributed by atoms with Gasteiger partial charge < -0.3 is 14.8 Å². The topological polar surface area (TPSA) is 90.4 Å². The van der Waals surface area contributed by atoms with Crippen molar-refractivity contribution in [1.82, 2.24) is 15.3 Å². The maximum absolute atomic E-state index is 13.8. The molecule has 0 aliphatic heterocycles. The van der Waals surface area contributed by atoms with E-state index in [0.717, 1.165) is 32.9 Å². The van der Waals surface area contributed by atoms with Gasteiger partial charge in [-0.2, -0.15) is 0 Å². The summed E-state index contributed by atoms with van der Waals surface area (Å²) in [6.07, 6.45) is 8.14. The number of ether oxygens (including phenoxy) is 2. The van der Waals surface area contributed by atoms with E-state index in [1.807, 2.05) is 60.7 Å². The van der Waals surface area contributed by atoms with Gasteiger partial charge in [-0.15, -0.1) is 0 Å². The van der Waals surface area contributed by atoms with Crippen LogP contribution in [0.5, 0.6) is 11.5 Å². The molecule has 37 heavy (non-hydrogen) atoms. The summed E-state index contributed by atoms with van der Waals surface area (Å²) in [6.45, 7) is 1.49. The lowest BCUT2D eigenvalue weighted by Crippen LogP contribution is -2.38. The first-order valence-electron chi connectivity index (χ1n) is 12.0. The number of hydrogen-bond acceptors (Lipinski definition) is 6. The fraction of sp³-hybridized carbons (Fsp3) is 0.200. The lowest BCUT2D eigenvalue weighted by molar-refractivity contribution is -0.120. The predicted molar refractivity (Wildman–Crippen MR) is 144 cm³/mol. The first-order valence-corrected chi connectivity index (χ1v) is 12.0. The molecule has 7 heteroatoms. The molecule has 0 bridgehead atoms. The second kappa shape index (κ2) is 10.2. The third kappa shape index (κ3) is 5.07. The predicted octanol–water partition coefficient (Wildman–Crippen LogP) is 5.13. The zero-order valence-electron chi connectivity index (χ0n) is 20.9. The molecule has 0 saturated heterocycles. The van der Waals surface area contributed by atoms with Crippen LogP contribution in [0.3, 0.4) is 0 Å². The lowest BCUT2D eigenvalue weighted by Gasteiger charge is -2.26. The number of amides is 1. The molecule has 2 aromatic carbocycles. The number of fused-ring (bicyclic) bond motifs is 2. The lowest BCUT2D eigenvalue weighted by atomic mass is 9.83. The maximum atomic E-state index is 13.8. The molecule has 1 saturated carbocycles. The zero-order chi connectivity index (χ0) is 25.9. The first-order chi connectivity index (χ1) is 17.9. The summed E-state index contributed by atoms with van der Waals surface area (Å²) >= 11 is 0. The Hall–Kier alpha value is -4.52. The van der Waals surface area contributed by atoms with E-state index in [1.54, 1.807) is 26.6 Å². The van der Waals surface area contributed by atoms with E-state index in [1.165, 1.54) is 6.92 Å². The molecule has 1 atom stereocenters. The minimum Gasteiger partial charge on any atom is -0.497 e. The summed E-state index contributed by atoms with van der Waals surface area (Å²) in [7, 11) is 3.24. The minimum atomic E-state index is -0.196. The van der Waals surface area contributed by atoms with Gasteiger partial charge in [0.05, 0.1) is 25.3 Å². The molecule has 1 aliphatic rings. The van der Waals surface area contributed by atoms with Crippen molar-refractivity contribution in [2.45, 2.75) is 25.8 Å². The summed E-state index contributed by atoms with van der Waals surface area (Å²) in [6, 6.07) is 14.9. The molecule has 0 spiro atoms. The summed E-state index contributed by atoms with van der Waals surface area (Å²) in [5, 5.41) is 4.79. The van der Waals surface area contributed by atoms with Crippen LogP contribution in [-0.2, 0) is 9.59 Å². The van der Waals surface area contributed by atoms with Gasteiger partial charge in [0.25, 0.3) is 0 Å². The molecule has 186 valence electrons. The molecule has 4 aromatic rings. The fourth-order valence-electron chi connectivity index (χ4n) is 4.81. The molecular formula is C30H27N3O4. The quantitative estimate of drug-likeness (QED) is 0.388. The van der Waals surface area contributed by atoms with Gasteiger partial charge in [0.15, 0.2) is 5.78 Å². The number of nitrogens with one attached hydrogen (secondary N) is 1. The Balaban J connectivity index is 1.61. The third-order valence-corrected chi connectivity index (χ3v) is 6.55. The largest absolute Gasteiger partial charge is 0.497 e. The molecule has 1 amide bonds. The standard InChI is InChI=1S/C30H27N3O4/c1-18(34)33-23-14-21(12-19-8-10-31-28-6-4-24(36-2)16-26(19)28)30(35)22(15-23)13-20-9-11-32-29-7-5-25(37-3)17-27(20)29/h4-13,16-17,23H,14-15H2,1-3H3,(H,33,34)/b21-12-,22-13+. The van der Waals surface area contributed by atoms with Crippen LogP contribution in [-0.4, -0.2) is 41.9 Å². The van der Waals surface area contributed by atoms with E-state index in [9.17, 15) is 9.59 Å². The van der Waals surface area contributed by atoms with Crippen molar-refractivity contribution < 1.29 is 19.1 Å². The van der Waals surface area contributed by atoms with Crippen molar-refractivity contribution >= 4 is 45.6 Å². The number of rotatable bonds is 5. The van der Waals surface area contributed by atoms with Crippen molar-refractivity contribution in [2.24, 2.45) is 0 Å². The van der Waals surface area contributed by atoms with E-state index < -0.39 is 0 Å². The van der Waals surface area contributed by atoms with Crippen molar-refractivity contribution in [3.05, 3.63) is 83.2 Å². The van der Waals surface area contributed by atoms with E-state index in [4.69, 9.17) is 9.47 Å². The minimum absolute atomic E-state index is 0.0395. The summed E-state index contributed by atoms with van der Waals surface area (Å²) in [4.78, 5) is 34.6. The first kappa shape index (κ1) is 24.2. The van der Waals surface area contributed by atoms with Gasteiger partial charge in [-0.05, 0) is 84.7 Å². The smallest absolute Gasteiger partial charge is 0.217 e. The van der Waals surface area contributed by atoms with Crippen LogP contribution in [0.25, 0.3) is 34.0 Å². The van der Waals surface area contributed by atoms with Crippen LogP contribution in [0.4, 0.5) is 0 Å². The Morgan fingerprint density at radius 3 is 1.76 bits per heavy atom. The van der Waals surface area contributed by atoms with Crippen LogP contribution >= 0.6 is 0 Å². The number of aromatic nitrogens is 2. The van der Waals surface area contributed by atoms with Crippen molar-refractivity contribution in [3.8, 4) is 11.5 Å². The average molecular weight is 494 g/mol. The molecule has 2 aromatic heterocycles. The highest BCUT2D eigenvalue weighted by Gasteiger charge is 2.28. The van der Waals surface area contributed by atoms with Crippen molar-refractivity contribution in [1.29, 1.82) is 0 Å². The Morgan fingerprint density at radius 1 is 0.838 bits per heavy atom. The summed E-state index contributed by atoms with van der Waals surface area (Å²) in [5.41, 5.74) is 4.61. The van der Waals surface area contributed by atoms with E-state index in [0.29, 0.717) is 35.5 Å². The third-order valence-electron chi connectivity index (χ3n) is 6.55. The van der Waals surface area contributed by atoms with Gasteiger partial charge in [0.2, 0.25) is 5.91 Å². The number of nitrogens with zero attached hydrogens (tertiary/aromatic N) is 2. The van der Waals surface area contributed by atoms with E-state index in [2.05, 4.69) is 15.3 Å². The van der Waals surface area contributed by atoms with Gasteiger partial charge in [0.1, 0.15) is 11.5 Å². The monoisotopic (exact) mass is 493 g/mol. The van der Waals surface area contributed by atoms with Crippen molar-refractivity contribution in [3.63, 3.8) is 0 Å². The molecule has 7 nitrogen and oxygen atoms in total. The maximum Gasteiger partial charge on any atom is 0.217 e. The molecule has 1 fully saturated rings. The average Bonchev–Trinajstić information content (AvgIpc) is 2.90.